The maximum absolute atomic E-state index is 11.7. The molecule has 1 atom stereocenters. The first-order chi connectivity index (χ1) is 8.65. The van der Waals surface area contributed by atoms with E-state index in [2.05, 4.69) is 15.6 Å². The van der Waals surface area contributed by atoms with Crippen molar-refractivity contribution in [1.29, 1.82) is 0 Å². The smallest absolute Gasteiger partial charge is 0.319 e. The largest absolute Gasteiger partial charge is 0.399 e. The Bertz CT molecular complexity index is 509. The van der Waals surface area contributed by atoms with Crippen LogP contribution in [0.3, 0.4) is 0 Å². The molecule has 2 aromatic rings. The lowest BCUT2D eigenvalue weighted by molar-refractivity contribution is 0.249. The van der Waals surface area contributed by atoms with Crippen LogP contribution in [0.1, 0.15) is 18.0 Å². The zero-order valence-electron chi connectivity index (χ0n) is 9.88. The minimum absolute atomic E-state index is 0.112. The Balaban J connectivity index is 1.91. The van der Waals surface area contributed by atoms with Crippen molar-refractivity contribution in [3.8, 4) is 0 Å². The SMILES string of the molecule is CC(NC(=O)Nc1ccc(N)cc1)c1nccs1. The third kappa shape index (κ3) is 3.21. The number of amides is 2. The molecule has 0 aliphatic carbocycles. The summed E-state index contributed by atoms with van der Waals surface area (Å²) >= 11 is 1.51. The summed E-state index contributed by atoms with van der Waals surface area (Å²) in [6.45, 7) is 1.89. The molecule has 0 fully saturated rings. The van der Waals surface area contributed by atoms with Crippen molar-refractivity contribution in [1.82, 2.24) is 10.3 Å². The van der Waals surface area contributed by atoms with Gasteiger partial charge in [0.25, 0.3) is 0 Å². The molecule has 0 aliphatic heterocycles. The second-order valence-corrected chi connectivity index (χ2v) is 4.74. The zero-order chi connectivity index (χ0) is 13.0. The lowest BCUT2D eigenvalue weighted by atomic mass is 10.3. The normalized spacial score (nSPS) is 11.8. The van der Waals surface area contributed by atoms with Crippen LogP contribution in [0.2, 0.25) is 0 Å². The Morgan fingerprint density at radius 2 is 2.11 bits per heavy atom. The van der Waals surface area contributed by atoms with Gasteiger partial charge in [0.2, 0.25) is 0 Å². The van der Waals surface area contributed by atoms with Crippen LogP contribution in [0.25, 0.3) is 0 Å². The molecule has 0 radical (unpaired) electrons. The van der Waals surface area contributed by atoms with Crippen molar-refractivity contribution in [2.75, 3.05) is 11.1 Å². The summed E-state index contributed by atoms with van der Waals surface area (Å²) in [4.78, 5) is 15.9. The van der Waals surface area contributed by atoms with Crippen LogP contribution in [0.4, 0.5) is 16.2 Å². The lowest BCUT2D eigenvalue weighted by Gasteiger charge is -2.12. The van der Waals surface area contributed by atoms with Crippen LogP contribution in [0, 0.1) is 0 Å². The molecule has 1 heterocycles. The molecule has 18 heavy (non-hydrogen) atoms. The monoisotopic (exact) mass is 262 g/mol. The zero-order valence-corrected chi connectivity index (χ0v) is 10.7. The Kier molecular flexibility index (Phi) is 3.78. The number of urea groups is 1. The molecule has 2 rings (SSSR count). The van der Waals surface area contributed by atoms with Crippen molar-refractivity contribution in [3.63, 3.8) is 0 Å². The number of nitrogens with zero attached hydrogens (tertiary/aromatic N) is 1. The number of carbonyl (C=O) groups excluding carboxylic acids is 1. The maximum Gasteiger partial charge on any atom is 0.319 e. The summed E-state index contributed by atoms with van der Waals surface area (Å²) in [7, 11) is 0. The summed E-state index contributed by atoms with van der Waals surface area (Å²) in [5.41, 5.74) is 6.93. The van der Waals surface area contributed by atoms with Crippen LogP contribution in [-0.4, -0.2) is 11.0 Å². The average Bonchev–Trinajstić information content (AvgIpc) is 2.85. The molecule has 4 N–H and O–H groups in total. The van der Waals surface area contributed by atoms with Gasteiger partial charge in [-0.15, -0.1) is 11.3 Å². The van der Waals surface area contributed by atoms with Crippen molar-refractivity contribution in [2.45, 2.75) is 13.0 Å². The van der Waals surface area contributed by atoms with Crippen LogP contribution in [0.15, 0.2) is 35.8 Å². The standard InChI is InChI=1S/C12H14N4OS/c1-8(11-14-6-7-18-11)15-12(17)16-10-4-2-9(13)3-5-10/h2-8H,13H2,1H3,(H2,15,16,17). The number of anilines is 2. The topological polar surface area (TPSA) is 80.0 Å². The first kappa shape index (κ1) is 12.4. The van der Waals surface area contributed by atoms with E-state index in [-0.39, 0.29) is 12.1 Å². The summed E-state index contributed by atoms with van der Waals surface area (Å²) in [5.74, 6) is 0. The van der Waals surface area contributed by atoms with Gasteiger partial charge >= 0.3 is 6.03 Å². The Morgan fingerprint density at radius 1 is 1.39 bits per heavy atom. The van der Waals surface area contributed by atoms with E-state index in [1.165, 1.54) is 11.3 Å². The predicted molar refractivity (Wildman–Crippen MR) is 73.5 cm³/mol. The van der Waals surface area contributed by atoms with E-state index < -0.39 is 0 Å². The third-order valence-corrected chi connectivity index (χ3v) is 3.30. The molecular weight excluding hydrogens is 248 g/mol. The van der Waals surface area contributed by atoms with Crippen molar-refractivity contribution in [2.24, 2.45) is 0 Å². The maximum atomic E-state index is 11.7. The third-order valence-electron chi connectivity index (χ3n) is 2.34. The van der Waals surface area contributed by atoms with Crippen molar-refractivity contribution < 1.29 is 4.79 Å². The summed E-state index contributed by atoms with van der Waals surface area (Å²) in [6, 6.07) is 6.60. The number of benzene rings is 1. The van der Waals surface area contributed by atoms with Gasteiger partial charge in [-0.2, -0.15) is 0 Å². The van der Waals surface area contributed by atoms with E-state index in [0.29, 0.717) is 11.4 Å². The summed E-state index contributed by atoms with van der Waals surface area (Å²) in [5, 5.41) is 8.30. The van der Waals surface area contributed by atoms with E-state index in [4.69, 9.17) is 5.73 Å². The van der Waals surface area contributed by atoms with Gasteiger partial charge in [0.05, 0.1) is 6.04 Å². The second-order valence-electron chi connectivity index (χ2n) is 3.81. The van der Waals surface area contributed by atoms with Crippen LogP contribution in [-0.2, 0) is 0 Å². The number of aromatic nitrogens is 1. The van der Waals surface area contributed by atoms with E-state index in [1.54, 1.807) is 30.5 Å². The molecule has 5 nitrogen and oxygen atoms in total. The molecule has 0 saturated heterocycles. The van der Waals surface area contributed by atoms with E-state index in [0.717, 1.165) is 5.01 Å². The highest BCUT2D eigenvalue weighted by Gasteiger charge is 2.11. The molecule has 0 aliphatic rings. The number of thiazole rings is 1. The van der Waals surface area contributed by atoms with Gasteiger partial charge in [0, 0.05) is 23.0 Å². The van der Waals surface area contributed by atoms with Gasteiger partial charge in [0.15, 0.2) is 0 Å². The molecule has 1 unspecified atom stereocenters. The van der Waals surface area contributed by atoms with Crippen molar-refractivity contribution in [3.05, 3.63) is 40.8 Å². The molecule has 1 aromatic carbocycles. The molecular formula is C12H14N4OS. The highest BCUT2D eigenvalue weighted by molar-refractivity contribution is 7.09. The number of rotatable bonds is 3. The van der Waals surface area contributed by atoms with Gasteiger partial charge in [-0.1, -0.05) is 0 Å². The molecule has 94 valence electrons. The molecule has 2 amide bonds. The first-order valence-corrected chi connectivity index (χ1v) is 6.35. The van der Waals surface area contributed by atoms with E-state index >= 15 is 0 Å². The number of hydrogen-bond donors (Lipinski definition) is 3. The molecule has 0 spiro atoms. The van der Waals surface area contributed by atoms with Gasteiger partial charge in [-0.05, 0) is 31.2 Å². The Morgan fingerprint density at radius 3 is 2.72 bits per heavy atom. The summed E-state index contributed by atoms with van der Waals surface area (Å²) < 4.78 is 0. The highest BCUT2D eigenvalue weighted by atomic mass is 32.1. The second kappa shape index (κ2) is 5.50. The number of nitrogens with two attached hydrogens (primary N) is 1. The molecule has 1 aromatic heterocycles. The Hall–Kier alpha value is -2.08. The molecule has 0 bridgehead atoms. The number of carbonyl (C=O) groups is 1. The van der Waals surface area contributed by atoms with E-state index in [9.17, 15) is 4.79 Å². The molecule has 0 saturated carbocycles. The van der Waals surface area contributed by atoms with E-state index in [1.807, 2.05) is 12.3 Å². The van der Waals surface area contributed by atoms with Gasteiger partial charge in [0.1, 0.15) is 5.01 Å². The van der Waals surface area contributed by atoms with Crippen LogP contribution in [0.5, 0.6) is 0 Å². The van der Waals surface area contributed by atoms with Gasteiger partial charge in [-0.25, -0.2) is 9.78 Å². The fraction of sp³-hybridized carbons (Fsp3) is 0.167. The first-order valence-electron chi connectivity index (χ1n) is 5.47. The number of hydrogen-bond acceptors (Lipinski definition) is 4. The number of nitrogens with one attached hydrogen (secondary N) is 2. The quantitative estimate of drug-likeness (QED) is 0.744. The van der Waals surface area contributed by atoms with Gasteiger partial charge in [-0.3, -0.25) is 0 Å². The minimum atomic E-state index is -0.262. The lowest BCUT2D eigenvalue weighted by Crippen LogP contribution is -2.31. The van der Waals surface area contributed by atoms with Crippen molar-refractivity contribution >= 4 is 28.7 Å². The Labute approximate surface area is 109 Å². The predicted octanol–water partition coefficient (Wildman–Crippen LogP) is 2.61. The highest BCUT2D eigenvalue weighted by Crippen LogP contribution is 2.15. The molecule has 6 heteroatoms. The minimum Gasteiger partial charge on any atom is -0.399 e. The fourth-order valence-electron chi connectivity index (χ4n) is 1.44. The average molecular weight is 262 g/mol. The van der Waals surface area contributed by atoms with Crippen LogP contribution < -0.4 is 16.4 Å². The van der Waals surface area contributed by atoms with Gasteiger partial charge < -0.3 is 16.4 Å². The summed E-state index contributed by atoms with van der Waals surface area (Å²) in [6.07, 6.45) is 1.72. The fourth-order valence-corrected chi connectivity index (χ4v) is 2.09. The number of nitrogen functional groups attached to an aromatic ring is 1. The van der Waals surface area contributed by atoms with Crippen LogP contribution >= 0.6 is 11.3 Å².